The molecule has 5 fully saturated rings. The fraction of sp³-hybridized carbons (Fsp3) is 0.702. The van der Waals surface area contributed by atoms with Crippen molar-refractivity contribution in [2.45, 2.75) is 138 Å². The Labute approximate surface area is 329 Å². The number of aliphatic carboxylic acids is 1. The summed E-state index contributed by atoms with van der Waals surface area (Å²) in [4.78, 5) is 26.6. The lowest BCUT2D eigenvalue weighted by atomic mass is 9.33. The second-order valence-electron chi connectivity index (χ2n) is 20.4. The highest BCUT2D eigenvalue weighted by molar-refractivity contribution is 5.88. The Morgan fingerprint density at radius 3 is 2.27 bits per heavy atom. The van der Waals surface area contributed by atoms with E-state index in [0.29, 0.717) is 24.7 Å². The zero-order valence-corrected chi connectivity index (χ0v) is 34.5. The fourth-order valence-corrected chi connectivity index (χ4v) is 13.3. The Kier molecular flexibility index (Phi) is 10.5. The van der Waals surface area contributed by atoms with Crippen molar-refractivity contribution < 1.29 is 34.4 Å². The quantitative estimate of drug-likeness (QED) is 0.159. The lowest BCUT2D eigenvalue weighted by Crippen LogP contribution is -2.67. The molecular weight excluding hydrogens is 691 g/mol. The van der Waals surface area contributed by atoms with Gasteiger partial charge >= 0.3 is 5.97 Å². The number of hydrogen-bond donors (Lipinski definition) is 3. The summed E-state index contributed by atoms with van der Waals surface area (Å²) in [6.07, 6.45) is 20.1. The van der Waals surface area contributed by atoms with Crippen LogP contribution in [0.15, 0.2) is 48.1 Å². The molecule has 8 rings (SSSR count). The van der Waals surface area contributed by atoms with Crippen molar-refractivity contribution in [3.05, 3.63) is 53.6 Å². The SMILES string of the molecule is CC1(C)CCC2(C(=O)O)C(O)CC3(C)C(=CCC4C5(C)CCC(O)C(C)(C)C5CCC43C)C2C1.O=C(C=CC=Cc1ccc2c(c1)OCO2)N1CCCCC1. The van der Waals surface area contributed by atoms with E-state index < -0.39 is 17.5 Å². The van der Waals surface area contributed by atoms with Crippen LogP contribution >= 0.6 is 0 Å². The van der Waals surface area contributed by atoms with E-state index in [4.69, 9.17) is 9.47 Å². The average molecular weight is 758 g/mol. The highest BCUT2D eigenvalue weighted by Crippen LogP contribution is 2.75. The average Bonchev–Trinajstić information content (AvgIpc) is 3.61. The summed E-state index contributed by atoms with van der Waals surface area (Å²) >= 11 is 0. The van der Waals surface area contributed by atoms with Gasteiger partial charge in [0, 0.05) is 19.2 Å². The van der Waals surface area contributed by atoms with Crippen molar-refractivity contribution in [2.75, 3.05) is 19.9 Å². The fourth-order valence-electron chi connectivity index (χ4n) is 13.3. The van der Waals surface area contributed by atoms with Crippen molar-refractivity contribution in [3.8, 4) is 11.5 Å². The van der Waals surface area contributed by atoms with E-state index in [9.17, 15) is 24.9 Å². The predicted molar refractivity (Wildman–Crippen MR) is 215 cm³/mol. The largest absolute Gasteiger partial charge is 0.481 e. The highest BCUT2D eigenvalue weighted by Gasteiger charge is 2.71. The number of nitrogens with zero attached hydrogens (tertiary/aromatic N) is 1. The number of hydrogen-bond acceptors (Lipinski definition) is 6. The van der Waals surface area contributed by atoms with Gasteiger partial charge < -0.3 is 29.7 Å². The second kappa shape index (κ2) is 14.4. The van der Waals surface area contributed by atoms with Gasteiger partial charge in [0.25, 0.3) is 0 Å². The number of carbonyl (C=O) groups excluding carboxylic acids is 1. The van der Waals surface area contributed by atoms with Gasteiger partial charge in [-0.2, -0.15) is 0 Å². The molecular formula is C47H67NO7. The smallest absolute Gasteiger partial charge is 0.312 e. The van der Waals surface area contributed by atoms with Gasteiger partial charge in [-0.05, 0) is 140 Å². The van der Waals surface area contributed by atoms with E-state index in [1.54, 1.807) is 12.2 Å². The molecule has 0 bridgehead atoms. The van der Waals surface area contributed by atoms with Crippen molar-refractivity contribution >= 4 is 18.0 Å². The monoisotopic (exact) mass is 757 g/mol. The van der Waals surface area contributed by atoms with Crippen LogP contribution < -0.4 is 9.47 Å². The van der Waals surface area contributed by atoms with E-state index in [1.165, 1.54) is 12.0 Å². The predicted octanol–water partition coefficient (Wildman–Crippen LogP) is 9.20. The van der Waals surface area contributed by atoms with Gasteiger partial charge in [0.2, 0.25) is 12.7 Å². The van der Waals surface area contributed by atoms with Crippen LogP contribution in [-0.4, -0.2) is 64.2 Å². The van der Waals surface area contributed by atoms with E-state index in [-0.39, 0.29) is 51.8 Å². The Balaban J connectivity index is 0.000000190. The number of amides is 1. The molecule has 0 radical (unpaired) electrons. The third-order valence-corrected chi connectivity index (χ3v) is 16.8. The summed E-state index contributed by atoms with van der Waals surface area (Å²) in [6.45, 7) is 18.5. The number of carbonyl (C=O) groups is 2. The number of rotatable bonds is 4. The number of ether oxygens (including phenoxy) is 2. The summed E-state index contributed by atoms with van der Waals surface area (Å²) in [7, 11) is 0. The highest BCUT2D eigenvalue weighted by atomic mass is 16.7. The molecule has 1 aromatic rings. The molecule has 4 saturated carbocycles. The van der Waals surface area contributed by atoms with Crippen LogP contribution in [0.25, 0.3) is 6.08 Å². The number of carboxylic acid groups (broad SMARTS) is 1. The van der Waals surface area contributed by atoms with Crippen LogP contribution in [-0.2, 0) is 9.59 Å². The first-order chi connectivity index (χ1) is 25.9. The molecule has 1 amide bonds. The lowest BCUT2D eigenvalue weighted by molar-refractivity contribution is -0.218. The minimum atomic E-state index is -1.04. The summed E-state index contributed by atoms with van der Waals surface area (Å²) in [5.41, 5.74) is 1.32. The van der Waals surface area contributed by atoms with Crippen LogP contribution in [0.4, 0.5) is 0 Å². The number of benzene rings is 1. The van der Waals surface area contributed by atoms with Crippen molar-refractivity contribution in [1.82, 2.24) is 4.90 Å². The Morgan fingerprint density at radius 1 is 0.818 bits per heavy atom. The molecule has 5 aliphatic carbocycles. The van der Waals surface area contributed by atoms with Crippen molar-refractivity contribution in [3.63, 3.8) is 0 Å². The molecule has 2 heterocycles. The first-order valence-corrected chi connectivity index (χ1v) is 21.2. The minimum absolute atomic E-state index is 0.0218. The van der Waals surface area contributed by atoms with Crippen molar-refractivity contribution in [1.29, 1.82) is 0 Å². The van der Waals surface area contributed by atoms with Gasteiger partial charge in [0.1, 0.15) is 5.41 Å². The summed E-state index contributed by atoms with van der Waals surface area (Å²) in [6, 6.07) is 5.79. The van der Waals surface area contributed by atoms with Crippen molar-refractivity contribution in [2.24, 2.45) is 50.2 Å². The molecule has 302 valence electrons. The van der Waals surface area contributed by atoms with E-state index in [2.05, 4.69) is 54.5 Å². The Hall–Kier alpha value is -3.10. The van der Waals surface area contributed by atoms with Crippen LogP contribution in [0.1, 0.15) is 131 Å². The number of likely N-dealkylation sites (tertiary alicyclic amines) is 1. The normalized spacial score (nSPS) is 39.8. The van der Waals surface area contributed by atoms with Gasteiger partial charge in [-0.3, -0.25) is 9.59 Å². The maximum atomic E-state index is 12.8. The number of fused-ring (bicyclic) bond motifs is 8. The van der Waals surface area contributed by atoms with E-state index >= 15 is 0 Å². The lowest BCUT2D eigenvalue weighted by Gasteiger charge is -2.71. The molecule has 8 heteroatoms. The number of piperidine rings is 1. The van der Waals surface area contributed by atoms with E-state index in [1.807, 2.05) is 35.3 Å². The van der Waals surface area contributed by atoms with Crippen LogP contribution in [0.5, 0.6) is 11.5 Å². The molecule has 9 atom stereocenters. The summed E-state index contributed by atoms with van der Waals surface area (Å²) in [5.74, 6) is 1.74. The first kappa shape index (κ1) is 40.1. The summed E-state index contributed by atoms with van der Waals surface area (Å²) in [5, 5.41) is 33.1. The van der Waals surface area contributed by atoms with Crippen LogP contribution in [0, 0.1) is 50.2 Å². The summed E-state index contributed by atoms with van der Waals surface area (Å²) < 4.78 is 10.6. The Bertz CT molecular complexity index is 1740. The molecule has 8 nitrogen and oxygen atoms in total. The molecule has 3 N–H and O–H groups in total. The van der Waals surface area contributed by atoms with Gasteiger partial charge in [0.05, 0.1) is 12.2 Å². The van der Waals surface area contributed by atoms with Gasteiger partial charge in [-0.15, -0.1) is 0 Å². The first-order valence-electron chi connectivity index (χ1n) is 21.2. The van der Waals surface area contributed by atoms with Crippen LogP contribution in [0.2, 0.25) is 0 Å². The molecule has 2 aliphatic heterocycles. The minimum Gasteiger partial charge on any atom is -0.481 e. The standard InChI is InChI=1S/C30H48O4.C17H19NO3/c1-25(2)14-15-30(24(33)34)19(16-25)18-8-9-21-27(5)12-11-22(31)26(3,4)20(27)10-13-28(21,6)29(18,7)17-23(30)32;19-17(18-10-4-1-5-11-18)7-3-2-6-14-8-9-15-16(12-14)21-13-20-15/h8,19-23,31-32H,9-17H2,1-7H3,(H,33,34);2-3,6-9,12H,1,4-5,10-11,13H2. The maximum absolute atomic E-state index is 12.8. The molecule has 55 heavy (non-hydrogen) atoms. The number of carboxylic acids is 1. The zero-order valence-electron chi connectivity index (χ0n) is 34.5. The Morgan fingerprint density at radius 2 is 1.55 bits per heavy atom. The zero-order chi connectivity index (χ0) is 39.6. The van der Waals surface area contributed by atoms with Gasteiger partial charge in [0.15, 0.2) is 11.5 Å². The molecule has 1 saturated heterocycles. The number of aliphatic hydroxyl groups excluding tert-OH is 2. The molecule has 7 aliphatic rings. The molecule has 9 unspecified atom stereocenters. The number of aliphatic hydroxyl groups is 2. The molecule has 0 aromatic heterocycles. The number of allylic oxidation sites excluding steroid dienone is 4. The molecule has 1 aromatic carbocycles. The van der Waals surface area contributed by atoms with E-state index in [0.717, 1.165) is 87.9 Å². The molecule has 0 spiro atoms. The third-order valence-electron chi connectivity index (χ3n) is 16.8. The third kappa shape index (κ3) is 6.59. The van der Waals surface area contributed by atoms with Crippen LogP contribution in [0.3, 0.4) is 0 Å². The topological polar surface area (TPSA) is 117 Å². The maximum Gasteiger partial charge on any atom is 0.312 e. The second-order valence-corrected chi connectivity index (χ2v) is 20.4. The van der Waals surface area contributed by atoms with Gasteiger partial charge in [-0.1, -0.05) is 84.4 Å². The van der Waals surface area contributed by atoms with Gasteiger partial charge in [-0.25, -0.2) is 0 Å².